The molecule has 4 rings (SSSR count). The lowest BCUT2D eigenvalue weighted by molar-refractivity contribution is -0.117. The number of carbonyl (C=O) groups is 1. The number of ether oxygens (including phenoxy) is 2. The molecule has 3 atom stereocenters. The van der Waals surface area contributed by atoms with Gasteiger partial charge in [-0.25, -0.2) is 9.97 Å². The lowest BCUT2D eigenvalue weighted by Crippen LogP contribution is -2.23. The van der Waals surface area contributed by atoms with Crippen LogP contribution >= 0.6 is 23.2 Å². The zero-order valence-corrected chi connectivity index (χ0v) is 19.9. The average molecular weight is 485 g/mol. The number of carbonyl (C=O) groups excluding carboxylic acids is 1. The average Bonchev–Trinajstić information content (AvgIpc) is 3.18. The minimum absolute atomic E-state index is 0.0332. The number of halogens is 2. The highest BCUT2D eigenvalue weighted by molar-refractivity contribution is 6.41. The van der Waals surface area contributed by atoms with Crippen molar-refractivity contribution in [2.45, 2.75) is 25.8 Å². The van der Waals surface area contributed by atoms with E-state index in [0.717, 1.165) is 16.5 Å². The Morgan fingerprint density at radius 2 is 1.85 bits per heavy atom. The molecule has 1 aliphatic carbocycles. The summed E-state index contributed by atoms with van der Waals surface area (Å²) in [5, 5.41) is 13.8. The Bertz CT molecular complexity index is 1250. The first-order valence-electron chi connectivity index (χ1n) is 10.4. The molecule has 0 saturated heterocycles. The van der Waals surface area contributed by atoms with Crippen molar-refractivity contribution in [3.8, 4) is 28.7 Å². The van der Waals surface area contributed by atoms with Crippen molar-refractivity contribution in [2.75, 3.05) is 19.5 Å². The standard InChI is InChI=1S/C24H22Cl2N4O3/c1-12-6-14(18(31)10-27)8-17(12)30-24-28-11-15-7-13(4-5-16(15)29-24)21-22(25)19(32-2)9-20(33-3)23(21)26/h4-5,7,9,11-12,14,17H,6,8H2,1-3H3,(H,28,29,30)/t12-,14?,17-/m1/s1. The summed E-state index contributed by atoms with van der Waals surface area (Å²) in [6, 6.07) is 9.08. The van der Waals surface area contributed by atoms with Gasteiger partial charge < -0.3 is 14.8 Å². The van der Waals surface area contributed by atoms with Gasteiger partial charge in [0.25, 0.3) is 0 Å². The van der Waals surface area contributed by atoms with Gasteiger partial charge >= 0.3 is 0 Å². The lowest BCUT2D eigenvalue weighted by Gasteiger charge is -2.17. The molecule has 1 heterocycles. The van der Waals surface area contributed by atoms with Crippen LogP contribution in [-0.4, -0.2) is 36.0 Å². The number of ketones is 1. The highest BCUT2D eigenvalue weighted by Gasteiger charge is 2.35. The topological polar surface area (TPSA) is 97.1 Å². The smallest absolute Gasteiger partial charge is 0.235 e. The zero-order valence-electron chi connectivity index (χ0n) is 18.4. The number of methoxy groups -OCH3 is 2. The quantitative estimate of drug-likeness (QED) is 0.458. The third-order valence-electron chi connectivity index (χ3n) is 6.12. The largest absolute Gasteiger partial charge is 0.495 e. The van der Waals surface area contributed by atoms with Crippen molar-refractivity contribution < 1.29 is 14.3 Å². The molecule has 7 nitrogen and oxygen atoms in total. The van der Waals surface area contributed by atoms with Gasteiger partial charge in [0.1, 0.15) is 17.6 Å². The van der Waals surface area contributed by atoms with Crippen LogP contribution in [0.5, 0.6) is 11.5 Å². The molecular weight excluding hydrogens is 463 g/mol. The molecule has 0 aliphatic heterocycles. The summed E-state index contributed by atoms with van der Waals surface area (Å²) >= 11 is 13.1. The van der Waals surface area contributed by atoms with Gasteiger partial charge in [-0.1, -0.05) is 36.2 Å². The van der Waals surface area contributed by atoms with E-state index in [1.807, 2.05) is 18.2 Å². The SMILES string of the molecule is COc1cc(OC)c(Cl)c(-c2ccc3nc(N[C@@H]4CC(C(=O)C#N)C[C@H]4C)ncc3c2)c1Cl. The summed E-state index contributed by atoms with van der Waals surface area (Å²) < 4.78 is 10.7. The Hall–Kier alpha value is -3.08. The van der Waals surface area contributed by atoms with Crippen molar-refractivity contribution in [3.05, 3.63) is 40.5 Å². The van der Waals surface area contributed by atoms with E-state index in [9.17, 15) is 4.79 Å². The summed E-state index contributed by atoms with van der Waals surface area (Å²) in [6.45, 7) is 2.06. The first-order chi connectivity index (χ1) is 15.9. The van der Waals surface area contributed by atoms with Crippen molar-refractivity contribution in [1.82, 2.24) is 9.97 Å². The van der Waals surface area contributed by atoms with Crippen LogP contribution in [0.2, 0.25) is 10.0 Å². The number of fused-ring (bicyclic) bond motifs is 1. The number of rotatable bonds is 6. The lowest BCUT2D eigenvalue weighted by atomic mass is 10.0. The number of benzene rings is 2. The molecule has 1 saturated carbocycles. The van der Waals surface area contributed by atoms with Crippen LogP contribution in [0, 0.1) is 23.2 Å². The van der Waals surface area contributed by atoms with E-state index >= 15 is 0 Å². The predicted molar refractivity (Wildman–Crippen MR) is 128 cm³/mol. The summed E-state index contributed by atoms with van der Waals surface area (Å²) in [4.78, 5) is 20.8. The Labute approximate surface area is 201 Å². The first-order valence-corrected chi connectivity index (χ1v) is 11.2. The predicted octanol–water partition coefficient (Wildman–Crippen LogP) is 5.54. The molecule has 0 amide bonds. The van der Waals surface area contributed by atoms with Crippen molar-refractivity contribution in [3.63, 3.8) is 0 Å². The van der Waals surface area contributed by atoms with E-state index in [4.69, 9.17) is 37.9 Å². The molecule has 3 aromatic rings. The minimum Gasteiger partial charge on any atom is -0.495 e. The maximum atomic E-state index is 11.8. The number of nitrogens with one attached hydrogen (secondary N) is 1. The van der Waals surface area contributed by atoms with Gasteiger partial charge in [0.05, 0.1) is 29.8 Å². The maximum absolute atomic E-state index is 11.8. The van der Waals surface area contributed by atoms with E-state index in [-0.39, 0.29) is 23.7 Å². The van der Waals surface area contributed by atoms with Crippen LogP contribution in [0.4, 0.5) is 5.95 Å². The molecule has 1 unspecified atom stereocenters. The van der Waals surface area contributed by atoms with Gasteiger partial charge in [0, 0.05) is 35.2 Å². The number of hydrogen-bond acceptors (Lipinski definition) is 7. The van der Waals surface area contributed by atoms with Gasteiger partial charge in [-0.2, -0.15) is 5.26 Å². The van der Waals surface area contributed by atoms with Gasteiger partial charge in [-0.15, -0.1) is 0 Å². The Morgan fingerprint density at radius 3 is 2.48 bits per heavy atom. The number of anilines is 1. The van der Waals surface area contributed by atoms with Crippen LogP contribution in [0.1, 0.15) is 19.8 Å². The number of nitrogens with zero attached hydrogens (tertiary/aromatic N) is 3. The van der Waals surface area contributed by atoms with Gasteiger partial charge in [0.2, 0.25) is 11.7 Å². The molecule has 1 aliphatic rings. The number of aromatic nitrogens is 2. The van der Waals surface area contributed by atoms with Gasteiger partial charge in [-0.05, 0) is 36.5 Å². The molecule has 170 valence electrons. The van der Waals surface area contributed by atoms with Crippen LogP contribution in [0.3, 0.4) is 0 Å². The van der Waals surface area contributed by atoms with Crippen LogP contribution < -0.4 is 14.8 Å². The molecule has 0 spiro atoms. The normalized spacial score (nSPS) is 19.8. The second kappa shape index (κ2) is 9.42. The zero-order chi connectivity index (χ0) is 23.7. The monoisotopic (exact) mass is 484 g/mol. The third-order valence-corrected chi connectivity index (χ3v) is 6.87. The van der Waals surface area contributed by atoms with E-state index in [2.05, 4.69) is 22.2 Å². The number of hydrogen-bond donors (Lipinski definition) is 1. The van der Waals surface area contributed by atoms with Crippen LogP contribution in [0.15, 0.2) is 30.5 Å². The van der Waals surface area contributed by atoms with Crippen molar-refractivity contribution in [1.29, 1.82) is 5.26 Å². The van der Waals surface area contributed by atoms with E-state index in [1.165, 1.54) is 14.2 Å². The highest BCUT2D eigenvalue weighted by Crippen LogP contribution is 2.46. The molecule has 33 heavy (non-hydrogen) atoms. The van der Waals surface area contributed by atoms with E-state index in [1.54, 1.807) is 18.3 Å². The first kappa shape index (κ1) is 23.1. The van der Waals surface area contributed by atoms with Crippen molar-refractivity contribution in [2.24, 2.45) is 11.8 Å². The fraction of sp³-hybridized carbons (Fsp3) is 0.333. The summed E-state index contributed by atoms with van der Waals surface area (Å²) in [5.41, 5.74) is 2.13. The highest BCUT2D eigenvalue weighted by atomic mass is 35.5. The minimum atomic E-state index is -0.357. The molecular formula is C24H22Cl2N4O3. The van der Waals surface area contributed by atoms with Crippen LogP contribution in [0.25, 0.3) is 22.0 Å². The summed E-state index contributed by atoms with van der Waals surface area (Å²) in [6.07, 6.45) is 3.01. The second-order valence-corrected chi connectivity index (χ2v) is 8.88. The maximum Gasteiger partial charge on any atom is 0.235 e. The van der Waals surface area contributed by atoms with Gasteiger partial charge in [0.15, 0.2) is 0 Å². The Morgan fingerprint density at radius 1 is 1.15 bits per heavy atom. The second-order valence-electron chi connectivity index (χ2n) is 8.12. The molecule has 1 N–H and O–H groups in total. The molecule has 1 aromatic heterocycles. The molecule has 0 radical (unpaired) electrons. The number of nitriles is 1. The van der Waals surface area contributed by atoms with E-state index < -0.39 is 0 Å². The summed E-state index contributed by atoms with van der Waals surface area (Å²) in [5.74, 6) is 1.05. The molecule has 1 fully saturated rings. The molecule has 2 aromatic carbocycles. The van der Waals surface area contributed by atoms with Crippen LogP contribution in [-0.2, 0) is 4.79 Å². The molecule has 0 bridgehead atoms. The van der Waals surface area contributed by atoms with Crippen molar-refractivity contribution >= 4 is 45.8 Å². The van der Waals surface area contributed by atoms with E-state index in [0.29, 0.717) is 45.9 Å². The third kappa shape index (κ3) is 4.41. The fourth-order valence-corrected chi connectivity index (χ4v) is 5.04. The number of Topliss-reactive ketones (excluding diaryl/α,β-unsaturated/α-hetero) is 1. The Kier molecular flexibility index (Phi) is 6.59. The fourth-order valence-electron chi connectivity index (χ4n) is 4.32. The van der Waals surface area contributed by atoms with Gasteiger partial charge in [-0.3, -0.25) is 4.79 Å². The molecule has 9 heteroatoms. The summed E-state index contributed by atoms with van der Waals surface area (Å²) in [7, 11) is 3.06. The Balaban J connectivity index is 1.64.